The van der Waals surface area contributed by atoms with Crippen LogP contribution < -0.4 is 5.32 Å². The van der Waals surface area contributed by atoms with Gasteiger partial charge in [-0.25, -0.2) is 15.0 Å². The molecule has 0 aliphatic carbocycles. The van der Waals surface area contributed by atoms with E-state index in [-0.39, 0.29) is 0 Å². The lowest BCUT2D eigenvalue weighted by molar-refractivity contribution is -0.0511. The number of nitrogens with one attached hydrogen (secondary N) is 1. The Morgan fingerprint density at radius 2 is 1.97 bits per heavy atom. The summed E-state index contributed by atoms with van der Waals surface area (Å²) in [5.74, 6) is 1.41. The van der Waals surface area contributed by atoms with Gasteiger partial charge in [0.2, 0.25) is 0 Å². The summed E-state index contributed by atoms with van der Waals surface area (Å²) in [4.78, 5) is 13.6. The first-order valence-corrected chi connectivity index (χ1v) is 10.4. The maximum absolute atomic E-state index is 10.4. The molecule has 0 bridgehead atoms. The molecule has 9 nitrogen and oxygen atoms in total. The largest absolute Gasteiger partial charge is 0.394 e. The van der Waals surface area contributed by atoms with Gasteiger partial charge in [0.25, 0.3) is 0 Å². The number of hydrogen-bond acceptors (Lipinski definition) is 9. The van der Waals surface area contributed by atoms with E-state index < -0.39 is 31.1 Å². The zero-order valence-corrected chi connectivity index (χ0v) is 16.7. The predicted molar refractivity (Wildman–Crippen MR) is 109 cm³/mol. The first-order chi connectivity index (χ1) is 14.1. The van der Waals surface area contributed by atoms with Crippen LogP contribution in [0, 0.1) is 0 Å². The van der Waals surface area contributed by atoms with E-state index in [1.165, 1.54) is 18.1 Å². The monoisotopic (exact) mass is 417 g/mol. The van der Waals surface area contributed by atoms with Crippen LogP contribution in [0.5, 0.6) is 0 Å². The molecule has 1 fully saturated rings. The van der Waals surface area contributed by atoms with Crippen molar-refractivity contribution in [3.8, 4) is 0 Å². The second-order valence-corrected chi connectivity index (χ2v) is 7.81. The molecule has 3 aromatic rings. The van der Waals surface area contributed by atoms with Gasteiger partial charge in [0.05, 0.1) is 12.9 Å². The van der Waals surface area contributed by atoms with Crippen LogP contribution in [0.1, 0.15) is 19.6 Å². The van der Waals surface area contributed by atoms with E-state index in [1.807, 2.05) is 30.3 Å². The number of aromatic nitrogens is 4. The van der Waals surface area contributed by atoms with Gasteiger partial charge in [-0.2, -0.15) is 0 Å². The maximum atomic E-state index is 10.4. The maximum Gasteiger partial charge on any atom is 0.191 e. The number of imidazole rings is 1. The van der Waals surface area contributed by atoms with E-state index in [0.717, 1.165) is 17.9 Å². The summed E-state index contributed by atoms with van der Waals surface area (Å²) in [6, 6.07) is 9.63. The summed E-state index contributed by atoms with van der Waals surface area (Å²) < 4.78 is 7.23. The SMILES string of the molecule is CCCSc1nc(Nc2ccccc2)c2ncn([C@@H]3O[C@H](CO)[C@@H](O)[C@H]3O)c2n1. The number of benzene rings is 1. The molecule has 2 aromatic heterocycles. The molecular formula is C19H23N5O4S. The van der Waals surface area contributed by atoms with E-state index in [0.29, 0.717) is 22.1 Å². The molecule has 1 saturated heterocycles. The standard InChI is InChI=1S/C19H23N5O4S/c1-2-8-29-19-22-16(21-11-6-4-3-5-7-11)13-17(23-19)24(10-20-13)18-15(27)14(26)12(9-25)28-18/h3-7,10,12,14-15,18,25-27H,2,8-9H2,1H3,(H,21,22,23)/t12-,14-,15-,18-/m1/s1. The fraction of sp³-hybridized carbons (Fsp3) is 0.421. The van der Waals surface area contributed by atoms with Gasteiger partial charge in [-0.05, 0) is 18.6 Å². The third-order valence-electron chi connectivity index (χ3n) is 4.66. The van der Waals surface area contributed by atoms with Crippen molar-refractivity contribution >= 4 is 34.4 Å². The predicted octanol–water partition coefficient (Wildman–Crippen LogP) is 1.68. The van der Waals surface area contributed by atoms with Crippen LogP contribution in [-0.4, -0.2) is 65.5 Å². The van der Waals surface area contributed by atoms with Crippen molar-refractivity contribution in [2.75, 3.05) is 17.7 Å². The highest BCUT2D eigenvalue weighted by Gasteiger charge is 2.44. The van der Waals surface area contributed by atoms with Crippen molar-refractivity contribution in [3.63, 3.8) is 0 Å². The lowest BCUT2D eigenvalue weighted by Gasteiger charge is -2.17. The van der Waals surface area contributed by atoms with Gasteiger partial charge in [0.1, 0.15) is 18.3 Å². The molecule has 1 aromatic carbocycles. The smallest absolute Gasteiger partial charge is 0.191 e. The summed E-state index contributed by atoms with van der Waals surface area (Å²) in [6.07, 6.45) is -1.70. The molecule has 0 radical (unpaired) electrons. The Balaban J connectivity index is 1.76. The average molecular weight is 417 g/mol. The van der Waals surface area contributed by atoms with Crippen molar-refractivity contribution in [1.82, 2.24) is 19.5 Å². The molecule has 0 amide bonds. The van der Waals surface area contributed by atoms with Gasteiger partial charge >= 0.3 is 0 Å². The molecule has 4 atom stereocenters. The van der Waals surface area contributed by atoms with Crippen LogP contribution in [0.3, 0.4) is 0 Å². The average Bonchev–Trinajstić information content (AvgIpc) is 3.28. The van der Waals surface area contributed by atoms with Crippen LogP contribution >= 0.6 is 11.8 Å². The van der Waals surface area contributed by atoms with Gasteiger partial charge in [-0.15, -0.1) is 0 Å². The fourth-order valence-electron chi connectivity index (χ4n) is 3.20. The molecule has 0 saturated carbocycles. The summed E-state index contributed by atoms with van der Waals surface area (Å²) >= 11 is 1.52. The second-order valence-electron chi connectivity index (χ2n) is 6.75. The highest BCUT2D eigenvalue weighted by atomic mass is 32.2. The summed E-state index contributed by atoms with van der Waals surface area (Å²) in [5.41, 5.74) is 1.86. The van der Waals surface area contributed by atoms with Crippen molar-refractivity contribution in [2.45, 2.75) is 43.0 Å². The van der Waals surface area contributed by atoms with E-state index in [9.17, 15) is 15.3 Å². The number of ether oxygens (including phenoxy) is 1. The third-order valence-corrected chi connectivity index (χ3v) is 5.72. The molecule has 0 spiro atoms. The Hall–Kier alpha value is -2.24. The molecule has 29 heavy (non-hydrogen) atoms. The number of aliphatic hydroxyl groups excluding tert-OH is 3. The quantitative estimate of drug-likeness (QED) is 0.335. The van der Waals surface area contributed by atoms with Crippen LogP contribution in [0.15, 0.2) is 41.8 Å². The van der Waals surface area contributed by atoms with Gasteiger partial charge in [0, 0.05) is 11.4 Å². The first kappa shape index (κ1) is 20.0. The Morgan fingerprint density at radius 1 is 1.17 bits per heavy atom. The number of rotatable bonds is 7. The Morgan fingerprint density at radius 3 is 2.66 bits per heavy atom. The molecule has 4 N–H and O–H groups in total. The zero-order chi connectivity index (χ0) is 20.4. The van der Waals surface area contributed by atoms with Gasteiger partial charge < -0.3 is 25.4 Å². The highest BCUT2D eigenvalue weighted by Crippen LogP contribution is 2.33. The Labute approximate surface area is 171 Å². The molecule has 4 rings (SSSR count). The second kappa shape index (κ2) is 8.64. The molecule has 3 heterocycles. The molecule has 10 heteroatoms. The number of fused-ring (bicyclic) bond motifs is 1. The molecule has 1 aliphatic heterocycles. The Bertz CT molecular complexity index is 970. The number of aliphatic hydroxyl groups is 3. The number of thioether (sulfide) groups is 1. The summed E-state index contributed by atoms with van der Waals surface area (Å²) in [6.45, 7) is 1.69. The third kappa shape index (κ3) is 3.94. The number of hydrogen-bond donors (Lipinski definition) is 4. The minimum Gasteiger partial charge on any atom is -0.394 e. The van der Waals surface area contributed by atoms with E-state index in [4.69, 9.17) is 4.74 Å². The van der Waals surface area contributed by atoms with Gasteiger partial charge in [-0.1, -0.05) is 36.9 Å². The zero-order valence-electron chi connectivity index (χ0n) is 15.8. The number of para-hydroxylation sites is 1. The van der Waals surface area contributed by atoms with Gasteiger partial charge in [0.15, 0.2) is 28.4 Å². The minimum absolute atomic E-state index is 0.394. The molecular weight excluding hydrogens is 394 g/mol. The van der Waals surface area contributed by atoms with Crippen molar-refractivity contribution in [1.29, 1.82) is 0 Å². The highest BCUT2D eigenvalue weighted by molar-refractivity contribution is 7.99. The topological polar surface area (TPSA) is 126 Å². The van der Waals surface area contributed by atoms with E-state index in [1.54, 1.807) is 4.57 Å². The number of nitrogens with zero attached hydrogens (tertiary/aromatic N) is 4. The van der Waals surface area contributed by atoms with Crippen LogP contribution in [-0.2, 0) is 4.74 Å². The Kier molecular flexibility index (Phi) is 5.97. The van der Waals surface area contributed by atoms with Crippen LogP contribution in [0.25, 0.3) is 11.2 Å². The van der Waals surface area contributed by atoms with E-state index >= 15 is 0 Å². The first-order valence-electron chi connectivity index (χ1n) is 9.44. The molecule has 154 valence electrons. The van der Waals surface area contributed by atoms with Crippen LogP contribution in [0.2, 0.25) is 0 Å². The van der Waals surface area contributed by atoms with E-state index in [2.05, 4.69) is 27.2 Å². The van der Waals surface area contributed by atoms with Gasteiger partial charge in [-0.3, -0.25) is 4.57 Å². The summed E-state index contributed by atoms with van der Waals surface area (Å²) in [7, 11) is 0. The lowest BCUT2D eigenvalue weighted by atomic mass is 10.1. The van der Waals surface area contributed by atoms with Crippen LogP contribution in [0.4, 0.5) is 11.5 Å². The van der Waals surface area contributed by atoms with Crippen molar-refractivity contribution in [3.05, 3.63) is 36.7 Å². The number of anilines is 2. The summed E-state index contributed by atoms with van der Waals surface area (Å²) in [5, 5.41) is 33.7. The fourth-order valence-corrected chi connectivity index (χ4v) is 3.89. The lowest BCUT2D eigenvalue weighted by Crippen LogP contribution is -2.33. The van der Waals surface area contributed by atoms with Crippen molar-refractivity contribution in [2.24, 2.45) is 0 Å². The normalized spacial score (nSPS) is 24.3. The molecule has 0 unspecified atom stereocenters. The van der Waals surface area contributed by atoms with Crippen molar-refractivity contribution < 1.29 is 20.1 Å². The minimum atomic E-state index is -1.21. The molecule has 1 aliphatic rings.